The lowest BCUT2D eigenvalue weighted by Crippen LogP contribution is -2.22. The number of rotatable bonds is 8. The first kappa shape index (κ1) is 20.7. The number of nitrogens with one attached hydrogen (secondary N) is 1. The first-order chi connectivity index (χ1) is 13.9. The van der Waals surface area contributed by atoms with Gasteiger partial charge in [-0.2, -0.15) is 0 Å². The van der Waals surface area contributed by atoms with Gasteiger partial charge in [0.1, 0.15) is 11.7 Å². The highest BCUT2D eigenvalue weighted by Crippen LogP contribution is 2.22. The lowest BCUT2D eigenvalue weighted by Gasteiger charge is -2.04. The van der Waals surface area contributed by atoms with E-state index in [1.54, 1.807) is 18.2 Å². The summed E-state index contributed by atoms with van der Waals surface area (Å²) in [6, 6.07) is 11.7. The molecule has 1 N–H and O–H groups in total. The number of benzene rings is 2. The lowest BCUT2D eigenvalue weighted by atomic mass is 10.1. The first-order valence-corrected chi connectivity index (χ1v) is 10.5. The van der Waals surface area contributed by atoms with E-state index in [4.69, 9.17) is 4.74 Å². The average molecular weight is 418 g/mol. The van der Waals surface area contributed by atoms with Crippen LogP contribution in [-0.4, -0.2) is 39.2 Å². The van der Waals surface area contributed by atoms with Crippen molar-refractivity contribution >= 4 is 27.6 Å². The fourth-order valence-corrected chi connectivity index (χ4v) is 4.03. The van der Waals surface area contributed by atoms with Crippen molar-refractivity contribution in [2.45, 2.75) is 24.2 Å². The van der Waals surface area contributed by atoms with Crippen LogP contribution in [0.15, 0.2) is 58.4 Å². The second-order valence-corrected chi connectivity index (χ2v) is 7.99. The van der Waals surface area contributed by atoms with E-state index in [9.17, 15) is 22.4 Å². The summed E-state index contributed by atoms with van der Waals surface area (Å²) in [5, 5.41) is 0. The van der Waals surface area contributed by atoms with E-state index in [1.807, 2.05) is 0 Å². The third kappa shape index (κ3) is 5.26. The minimum atomic E-state index is -3.61. The molecule has 0 aromatic heterocycles. The van der Waals surface area contributed by atoms with E-state index in [0.717, 1.165) is 0 Å². The first-order valence-electron chi connectivity index (χ1n) is 8.98. The van der Waals surface area contributed by atoms with Crippen LogP contribution in [0.1, 0.15) is 35.2 Å². The number of sulfonamides is 1. The highest BCUT2D eigenvalue weighted by molar-refractivity contribution is 7.90. The number of Topliss-reactive ketones (excluding diaryl/α,β-unsaturated/α-hetero) is 1. The summed E-state index contributed by atoms with van der Waals surface area (Å²) in [5.74, 6) is -0.844. The van der Waals surface area contributed by atoms with E-state index in [-0.39, 0.29) is 42.5 Å². The molecule has 0 unspecified atom stereocenters. The van der Waals surface area contributed by atoms with E-state index < -0.39 is 21.8 Å². The van der Waals surface area contributed by atoms with Gasteiger partial charge in [0.15, 0.2) is 5.78 Å². The number of esters is 1. The SMILES string of the molecule is O=C(CCN=C1NS(=O)(=O)c2ccccc21)OCCCC(=O)c1ccc(F)cc1. The summed E-state index contributed by atoms with van der Waals surface area (Å²) in [7, 11) is -3.61. The summed E-state index contributed by atoms with van der Waals surface area (Å²) in [5.41, 5.74) is 0.882. The van der Waals surface area contributed by atoms with Gasteiger partial charge in [-0.05, 0) is 42.8 Å². The number of ether oxygens (including phenoxy) is 1. The number of nitrogens with zero attached hydrogens (tertiary/aromatic N) is 1. The van der Waals surface area contributed by atoms with E-state index in [0.29, 0.717) is 17.5 Å². The normalized spacial score (nSPS) is 15.6. The second-order valence-electron chi connectivity index (χ2n) is 6.34. The van der Waals surface area contributed by atoms with E-state index >= 15 is 0 Å². The van der Waals surface area contributed by atoms with Crippen molar-refractivity contribution in [1.29, 1.82) is 0 Å². The zero-order valence-electron chi connectivity index (χ0n) is 15.4. The molecule has 1 heterocycles. The van der Waals surface area contributed by atoms with Gasteiger partial charge in [-0.1, -0.05) is 12.1 Å². The van der Waals surface area contributed by atoms with Crippen LogP contribution in [0.5, 0.6) is 0 Å². The molecule has 0 aliphatic carbocycles. The fourth-order valence-electron chi connectivity index (χ4n) is 2.78. The molecule has 0 bridgehead atoms. The molecule has 0 saturated carbocycles. The standard InChI is InChI=1S/C20H19FN2O5S/c21-15-9-7-14(8-10-15)17(24)5-3-13-28-19(25)11-12-22-20-16-4-1-2-6-18(16)29(26,27)23-20/h1-2,4,6-10H,3,5,11-13H2,(H,22,23). The monoisotopic (exact) mass is 418 g/mol. The molecular formula is C20H19FN2O5S. The van der Waals surface area contributed by atoms with Crippen molar-refractivity contribution < 1.29 is 27.1 Å². The summed E-state index contributed by atoms with van der Waals surface area (Å²) in [6.07, 6.45) is 0.517. The molecule has 2 aromatic rings. The molecule has 0 amide bonds. The number of aliphatic imine (C=N–C) groups is 1. The Hall–Kier alpha value is -3.07. The zero-order valence-corrected chi connectivity index (χ0v) is 16.2. The van der Waals surface area contributed by atoms with Crippen LogP contribution >= 0.6 is 0 Å². The van der Waals surface area contributed by atoms with Crippen LogP contribution < -0.4 is 4.72 Å². The summed E-state index contributed by atoms with van der Waals surface area (Å²) < 4.78 is 44.2. The van der Waals surface area contributed by atoms with Crippen molar-refractivity contribution in [2.75, 3.05) is 13.2 Å². The fraction of sp³-hybridized carbons (Fsp3) is 0.250. The number of carbonyl (C=O) groups excluding carboxylic acids is 2. The number of hydrogen-bond acceptors (Lipinski definition) is 6. The third-order valence-electron chi connectivity index (χ3n) is 4.23. The predicted octanol–water partition coefficient (Wildman–Crippen LogP) is 2.46. The Labute approximate surface area is 167 Å². The van der Waals surface area contributed by atoms with Crippen LogP contribution in [0.3, 0.4) is 0 Å². The molecule has 29 heavy (non-hydrogen) atoms. The van der Waals surface area contributed by atoms with Gasteiger partial charge in [0, 0.05) is 17.5 Å². The van der Waals surface area contributed by atoms with E-state index in [1.165, 1.54) is 30.3 Å². The predicted molar refractivity (Wildman–Crippen MR) is 104 cm³/mol. The molecule has 0 spiro atoms. The second kappa shape index (κ2) is 8.95. The molecule has 1 aliphatic rings. The van der Waals surface area contributed by atoms with Gasteiger partial charge >= 0.3 is 5.97 Å². The van der Waals surface area contributed by atoms with Crippen molar-refractivity contribution in [3.05, 3.63) is 65.5 Å². The van der Waals surface area contributed by atoms with Crippen LogP contribution in [-0.2, 0) is 19.6 Å². The van der Waals surface area contributed by atoms with Gasteiger partial charge in [0.05, 0.1) is 24.5 Å². The number of carbonyl (C=O) groups is 2. The highest BCUT2D eigenvalue weighted by Gasteiger charge is 2.29. The van der Waals surface area contributed by atoms with Crippen LogP contribution in [0.25, 0.3) is 0 Å². The Kier molecular flexibility index (Phi) is 6.38. The Bertz CT molecular complexity index is 1050. The maximum absolute atomic E-state index is 12.8. The minimum absolute atomic E-state index is 0.0146. The number of hydrogen-bond donors (Lipinski definition) is 1. The van der Waals surface area contributed by atoms with Crippen LogP contribution in [0.4, 0.5) is 4.39 Å². The van der Waals surface area contributed by atoms with Crippen LogP contribution in [0.2, 0.25) is 0 Å². The largest absolute Gasteiger partial charge is 0.466 e. The molecule has 152 valence electrons. The van der Waals surface area contributed by atoms with Crippen molar-refractivity contribution in [1.82, 2.24) is 4.72 Å². The third-order valence-corrected chi connectivity index (χ3v) is 5.62. The van der Waals surface area contributed by atoms with Gasteiger partial charge in [-0.15, -0.1) is 0 Å². The Morgan fingerprint density at radius 1 is 1.03 bits per heavy atom. The minimum Gasteiger partial charge on any atom is -0.466 e. The summed E-state index contributed by atoms with van der Waals surface area (Å²) in [6.45, 7) is 0.150. The molecule has 0 atom stereocenters. The summed E-state index contributed by atoms with van der Waals surface area (Å²) >= 11 is 0. The zero-order chi connectivity index (χ0) is 20.9. The maximum atomic E-state index is 12.8. The molecule has 7 nitrogen and oxygen atoms in total. The van der Waals surface area contributed by atoms with Gasteiger partial charge < -0.3 is 4.74 Å². The molecule has 2 aromatic carbocycles. The maximum Gasteiger partial charge on any atom is 0.307 e. The smallest absolute Gasteiger partial charge is 0.307 e. The van der Waals surface area contributed by atoms with Crippen molar-refractivity contribution in [3.63, 3.8) is 0 Å². The highest BCUT2D eigenvalue weighted by atomic mass is 32.2. The van der Waals surface area contributed by atoms with Crippen LogP contribution in [0, 0.1) is 5.82 Å². The molecule has 0 radical (unpaired) electrons. The number of ketones is 1. The lowest BCUT2D eigenvalue weighted by molar-refractivity contribution is -0.143. The Balaban J connectivity index is 1.40. The van der Waals surface area contributed by atoms with Crippen molar-refractivity contribution in [3.8, 4) is 0 Å². The Morgan fingerprint density at radius 2 is 1.76 bits per heavy atom. The van der Waals surface area contributed by atoms with Gasteiger partial charge in [0.2, 0.25) is 0 Å². The number of halogens is 1. The van der Waals surface area contributed by atoms with Gasteiger partial charge in [-0.25, -0.2) is 12.8 Å². The molecule has 0 saturated heterocycles. The van der Waals surface area contributed by atoms with Gasteiger partial charge in [-0.3, -0.25) is 19.3 Å². The molecular weight excluding hydrogens is 399 g/mol. The number of amidine groups is 1. The quantitative estimate of drug-likeness (QED) is 0.403. The summed E-state index contributed by atoms with van der Waals surface area (Å²) in [4.78, 5) is 28.0. The molecule has 3 rings (SSSR count). The molecule has 1 aliphatic heterocycles. The topological polar surface area (TPSA) is 102 Å². The molecule has 9 heteroatoms. The number of fused-ring (bicyclic) bond motifs is 1. The average Bonchev–Trinajstić information content (AvgIpc) is 2.96. The van der Waals surface area contributed by atoms with E-state index in [2.05, 4.69) is 9.71 Å². The van der Waals surface area contributed by atoms with Gasteiger partial charge in [0.25, 0.3) is 10.0 Å². The van der Waals surface area contributed by atoms with Crippen molar-refractivity contribution in [2.24, 2.45) is 4.99 Å². The Morgan fingerprint density at radius 3 is 2.52 bits per heavy atom. The molecule has 0 fully saturated rings.